The van der Waals surface area contributed by atoms with Crippen LogP contribution in [0.25, 0.3) is 11.0 Å². The fourth-order valence-corrected chi connectivity index (χ4v) is 3.08. The lowest BCUT2D eigenvalue weighted by atomic mass is 10.2. The van der Waals surface area contributed by atoms with Gasteiger partial charge in [0.2, 0.25) is 0 Å². The van der Waals surface area contributed by atoms with Gasteiger partial charge in [0.15, 0.2) is 6.61 Å². The van der Waals surface area contributed by atoms with Gasteiger partial charge in [0.25, 0.3) is 5.91 Å². The third-order valence-electron chi connectivity index (χ3n) is 3.52. The van der Waals surface area contributed by atoms with Crippen molar-refractivity contribution < 1.29 is 18.7 Å². The number of amides is 1. The molecule has 0 spiro atoms. The number of fused-ring (bicyclic) bond motifs is 1. The van der Waals surface area contributed by atoms with Crippen LogP contribution in [-0.2, 0) is 9.53 Å². The van der Waals surface area contributed by atoms with Crippen LogP contribution in [0.15, 0.2) is 46.9 Å². The molecule has 3 aromatic rings. The van der Waals surface area contributed by atoms with Gasteiger partial charge < -0.3 is 14.5 Å². The van der Waals surface area contributed by atoms with E-state index in [-0.39, 0.29) is 18.6 Å². The highest BCUT2D eigenvalue weighted by Crippen LogP contribution is 2.23. The molecule has 0 fully saturated rings. The third-order valence-corrected chi connectivity index (χ3v) is 4.51. The van der Waals surface area contributed by atoms with E-state index >= 15 is 0 Å². The molecule has 0 radical (unpaired) electrons. The predicted molar refractivity (Wildman–Crippen MR) is 92.1 cm³/mol. The Morgan fingerprint density at radius 2 is 2.04 bits per heavy atom. The number of carbonyl (C=O) groups is 2. The standard InChI is InChI=1S/C18H17NO4S/c1-11-7-8-16(24-11)18(21)22-10-17(20)19-12(2)15-9-13-5-3-4-6-14(13)23-15/h3-9,12H,10H2,1-2H3,(H,19,20)/t12-/m1/s1. The van der Waals surface area contributed by atoms with Crippen LogP contribution >= 0.6 is 11.3 Å². The molecule has 0 saturated carbocycles. The van der Waals surface area contributed by atoms with E-state index in [2.05, 4.69) is 5.32 Å². The Balaban J connectivity index is 1.55. The summed E-state index contributed by atoms with van der Waals surface area (Å²) >= 11 is 1.34. The molecule has 0 aliphatic heterocycles. The summed E-state index contributed by atoms with van der Waals surface area (Å²) in [6.45, 7) is 3.41. The van der Waals surface area contributed by atoms with Crippen molar-refractivity contribution in [2.24, 2.45) is 0 Å². The first-order chi connectivity index (χ1) is 11.5. The van der Waals surface area contributed by atoms with Crippen LogP contribution in [0, 0.1) is 6.92 Å². The summed E-state index contributed by atoms with van der Waals surface area (Å²) < 4.78 is 10.7. The maximum Gasteiger partial charge on any atom is 0.348 e. The molecule has 1 aromatic carbocycles. The second-order valence-electron chi connectivity index (χ2n) is 5.46. The highest BCUT2D eigenvalue weighted by Gasteiger charge is 2.16. The van der Waals surface area contributed by atoms with E-state index in [0.29, 0.717) is 10.6 Å². The summed E-state index contributed by atoms with van der Waals surface area (Å²) in [6, 6.07) is 12.7. The summed E-state index contributed by atoms with van der Waals surface area (Å²) in [6.07, 6.45) is 0. The molecule has 0 bridgehead atoms. The number of benzene rings is 1. The lowest BCUT2D eigenvalue weighted by Crippen LogP contribution is -2.30. The molecule has 1 amide bonds. The molecule has 6 heteroatoms. The van der Waals surface area contributed by atoms with Crippen molar-refractivity contribution in [3.63, 3.8) is 0 Å². The first-order valence-corrected chi connectivity index (χ1v) is 8.36. The molecule has 1 N–H and O–H groups in total. The largest absolute Gasteiger partial charge is 0.459 e. The zero-order valence-corrected chi connectivity index (χ0v) is 14.2. The molecule has 2 heterocycles. The summed E-state index contributed by atoms with van der Waals surface area (Å²) in [4.78, 5) is 25.3. The number of rotatable bonds is 5. The van der Waals surface area contributed by atoms with E-state index in [9.17, 15) is 9.59 Å². The van der Waals surface area contributed by atoms with Crippen molar-refractivity contribution in [3.8, 4) is 0 Å². The van der Waals surface area contributed by atoms with Gasteiger partial charge in [0.05, 0.1) is 6.04 Å². The lowest BCUT2D eigenvalue weighted by molar-refractivity contribution is -0.125. The van der Waals surface area contributed by atoms with Crippen molar-refractivity contribution in [1.82, 2.24) is 5.32 Å². The van der Waals surface area contributed by atoms with E-state index in [4.69, 9.17) is 9.15 Å². The van der Waals surface area contributed by atoms with Gasteiger partial charge in [-0.05, 0) is 38.1 Å². The monoisotopic (exact) mass is 343 g/mol. The molecule has 124 valence electrons. The van der Waals surface area contributed by atoms with Crippen molar-refractivity contribution >= 4 is 34.2 Å². The number of hydrogen-bond donors (Lipinski definition) is 1. The maximum absolute atomic E-state index is 12.0. The fourth-order valence-electron chi connectivity index (χ4n) is 2.32. The molecular formula is C18H17NO4S. The molecule has 24 heavy (non-hydrogen) atoms. The second-order valence-corrected chi connectivity index (χ2v) is 6.75. The highest BCUT2D eigenvalue weighted by molar-refractivity contribution is 7.13. The Labute approximate surface area is 143 Å². The number of thiophene rings is 1. The Morgan fingerprint density at radius 1 is 1.25 bits per heavy atom. The minimum Gasteiger partial charge on any atom is -0.459 e. The number of carbonyl (C=O) groups excluding carboxylic acids is 2. The number of nitrogens with one attached hydrogen (secondary N) is 1. The van der Waals surface area contributed by atoms with Crippen LogP contribution in [0.1, 0.15) is 33.3 Å². The van der Waals surface area contributed by atoms with E-state index in [1.165, 1.54) is 11.3 Å². The van der Waals surface area contributed by atoms with Gasteiger partial charge in [0.1, 0.15) is 16.2 Å². The van der Waals surface area contributed by atoms with Gasteiger partial charge in [-0.1, -0.05) is 18.2 Å². The zero-order valence-electron chi connectivity index (χ0n) is 13.4. The van der Waals surface area contributed by atoms with Gasteiger partial charge in [-0.15, -0.1) is 11.3 Å². The molecule has 1 atom stereocenters. The Hall–Kier alpha value is -2.60. The van der Waals surface area contributed by atoms with Crippen LogP contribution in [-0.4, -0.2) is 18.5 Å². The molecule has 0 unspecified atom stereocenters. The van der Waals surface area contributed by atoms with E-state index in [1.807, 2.05) is 50.2 Å². The fraction of sp³-hybridized carbons (Fsp3) is 0.222. The van der Waals surface area contributed by atoms with Crippen LogP contribution in [0.2, 0.25) is 0 Å². The number of aryl methyl sites for hydroxylation is 1. The maximum atomic E-state index is 12.0. The summed E-state index contributed by atoms with van der Waals surface area (Å²) in [5.41, 5.74) is 0.771. The lowest BCUT2D eigenvalue weighted by Gasteiger charge is -2.11. The first kappa shape index (κ1) is 16.3. The molecule has 0 aliphatic carbocycles. The van der Waals surface area contributed by atoms with Gasteiger partial charge in [0, 0.05) is 10.3 Å². The normalized spacial score (nSPS) is 12.1. The SMILES string of the molecule is Cc1ccc(C(=O)OCC(=O)N[C@H](C)c2cc3ccccc3o2)s1. The summed E-state index contributed by atoms with van der Waals surface area (Å²) in [7, 11) is 0. The molecule has 2 aromatic heterocycles. The summed E-state index contributed by atoms with van der Waals surface area (Å²) in [5.74, 6) is -0.200. The molecule has 0 saturated heterocycles. The average molecular weight is 343 g/mol. The van der Waals surface area contributed by atoms with Crippen LogP contribution < -0.4 is 5.32 Å². The van der Waals surface area contributed by atoms with E-state index in [0.717, 1.165) is 15.8 Å². The number of ether oxygens (including phenoxy) is 1. The predicted octanol–water partition coefficient (Wildman–Crippen LogP) is 3.84. The molecule has 3 rings (SSSR count). The molecule has 0 aliphatic rings. The van der Waals surface area contributed by atoms with Crippen LogP contribution in [0.4, 0.5) is 0 Å². The average Bonchev–Trinajstić information content (AvgIpc) is 3.18. The minimum atomic E-state index is -0.486. The first-order valence-electron chi connectivity index (χ1n) is 7.54. The van der Waals surface area contributed by atoms with E-state index in [1.54, 1.807) is 6.07 Å². The molecule has 5 nitrogen and oxygen atoms in total. The summed E-state index contributed by atoms with van der Waals surface area (Å²) in [5, 5.41) is 3.74. The quantitative estimate of drug-likeness (QED) is 0.715. The van der Waals surface area contributed by atoms with Gasteiger partial charge in [-0.3, -0.25) is 4.79 Å². The number of furan rings is 1. The highest BCUT2D eigenvalue weighted by atomic mass is 32.1. The van der Waals surface area contributed by atoms with Crippen LogP contribution in [0.3, 0.4) is 0 Å². The van der Waals surface area contributed by atoms with Gasteiger partial charge in [-0.2, -0.15) is 0 Å². The van der Waals surface area contributed by atoms with E-state index < -0.39 is 5.97 Å². The minimum absolute atomic E-state index is 0.312. The van der Waals surface area contributed by atoms with Crippen LogP contribution in [0.5, 0.6) is 0 Å². The Bertz CT molecular complexity index is 847. The topological polar surface area (TPSA) is 68.5 Å². The zero-order chi connectivity index (χ0) is 17.1. The third kappa shape index (κ3) is 3.65. The Morgan fingerprint density at radius 3 is 2.75 bits per heavy atom. The number of hydrogen-bond acceptors (Lipinski definition) is 5. The Kier molecular flexibility index (Phi) is 4.66. The van der Waals surface area contributed by atoms with Crippen molar-refractivity contribution in [3.05, 3.63) is 58.0 Å². The van der Waals surface area contributed by atoms with Gasteiger partial charge >= 0.3 is 5.97 Å². The van der Waals surface area contributed by atoms with Crippen molar-refractivity contribution in [2.75, 3.05) is 6.61 Å². The van der Waals surface area contributed by atoms with Crippen molar-refractivity contribution in [2.45, 2.75) is 19.9 Å². The smallest absolute Gasteiger partial charge is 0.348 e. The van der Waals surface area contributed by atoms with Crippen molar-refractivity contribution in [1.29, 1.82) is 0 Å². The number of para-hydroxylation sites is 1. The number of esters is 1. The van der Waals surface area contributed by atoms with Gasteiger partial charge in [-0.25, -0.2) is 4.79 Å². The molecular weight excluding hydrogens is 326 g/mol. The second kappa shape index (κ2) is 6.88.